The third-order valence-electron chi connectivity index (χ3n) is 6.53. The first-order valence-electron chi connectivity index (χ1n) is 11.5. The Morgan fingerprint density at radius 3 is 2.40 bits per heavy atom. The highest BCUT2D eigenvalue weighted by atomic mass is 19.1. The quantitative estimate of drug-likeness (QED) is 0.552. The first-order chi connectivity index (χ1) is 16.9. The summed E-state index contributed by atoms with van der Waals surface area (Å²) in [6.45, 7) is 2.81. The van der Waals surface area contributed by atoms with Crippen molar-refractivity contribution < 1.29 is 23.5 Å². The molecule has 0 spiro atoms. The number of carbonyl (C=O) groups is 2. The minimum atomic E-state index is -0.496. The fourth-order valence-electron chi connectivity index (χ4n) is 4.66. The number of amides is 2. The second-order valence-corrected chi connectivity index (χ2v) is 8.67. The van der Waals surface area contributed by atoms with Gasteiger partial charge in [0, 0.05) is 36.7 Å². The van der Waals surface area contributed by atoms with Crippen molar-refractivity contribution >= 4 is 11.8 Å². The lowest BCUT2D eigenvalue weighted by atomic mass is 9.87. The number of hydrogen-bond donors (Lipinski definition) is 1. The van der Waals surface area contributed by atoms with Crippen LogP contribution in [-0.2, 0) is 11.3 Å². The Hall–Kier alpha value is -3.87. The first-order valence-corrected chi connectivity index (χ1v) is 11.5. The van der Waals surface area contributed by atoms with E-state index in [1.54, 1.807) is 43.4 Å². The summed E-state index contributed by atoms with van der Waals surface area (Å²) in [5.41, 5.74) is 3.11. The van der Waals surface area contributed by atoms with E-state index in [2.05, 4.69) is 5.32 Å². The predicted molar refractivity (Wildman–Crippen MR) is 131 cm³/mol. The summed E-state index contributed by atoms with van der Waals surface area (Å²) in [4.78, 5) is 28.5. The summed E-state index contributed by atoms with van der Waals surface area (Å²) >= 11 is 0. The van der Waals surface area contributed by atoms with Crippen molar-refractivity contribution in [2.45, 2.75) is 19.4 Å². The topological polar surface area (TPSA) is 67.9 Å². The minimum absolute atomic E-state index is 0.108. The van der Waals surface area contributed by atoms with Gasteiger partial charge in [-0.1, -0.05) is 42.5 Å². The number of hydrogen-bond acceptors (Lipinski definition) is 4. The number of halogens is 1. The monoisotopic (exact) mass is 476 g/mol. The summed E-state index contributed by atoms with van der Waals surface area (Å²) in [7, 11) is 3.13. The van der Waals surface area contributed by atoms with Gasteiger partial charge in [0.25, 0.3) is 5.91 Å². The lowest BCUT2D eigenvalue weighted by Crippen LogP contribution is -2.35. The van der Waals surface area contributed by atoms with E-state index in [9.17, 15) is 14.0 Å². The molecule has 0 aromatic heterocycles. The number of ether oxygens (including phenoxy) is 2. The van der Waals surface area contributed by atoms with Crippen molar-refractivity contribution in [1.29, 1.82) is 0 Å². The third-order valence-corrected chi connectivity index (χ3v) is 6.53. The zero-order chi connectivity index (χ0) is 24.9. The van der Waals surface area contributed by atoms with Gasteiger partial charge in [-0.25, -0.2) is 4.39 Å². The lowest BCUT2D eigenvalue weighted by Gasteiger charge is -2.21. The van der Waals surface area contributed by atoms with Crippen LogP contribution in [0.1, 0.15) is 33.0 Å². The minimum Gasteiger partial charge on any atom is -0.493 e. The summed E-state index contributed by atoms with van der Waals surface area (Å²) in [6.07, 6.45) is 0. The Balaban J connectivity index is 1.63. The predicted octanol–water partition coefficient (Wildman–Crippen LogP) is 4.32. The maximum Gasteiger partial charge on any atom is 0.254 e. The number of nitrogens with zero attached hydrogens (tertiary/aromatic N) is 1. The second-order valence-electron chi connectivity index (χ2n) is 8.67. The Morgan fingerprint density at radius 1 is 0.971 bits per heavy atom. The molecule has 4 rings (SSSR count). The molecule has 3 aromatic rings. The molecule has 0 bridgehead atoms. The van der Waals surface area contributed by atoms with Crippen LogP contribution in [0, 0.1) is 18.7 Å². The SMILES string of the molecule is COc1cccc([C@@H]2CN(C(=O)c3ccccc3C)C[C@H]2C(=O)NCc2ccc(F)cc2)c1OC. The van der Waals surface area contributed by atoms with Crippen LogP contribution < -0.4 is 14.8 Å². The van der Waals surface area contributed by atoms with Gasteiger partial charge in [0.1, 0.15) is 5.82 Å². The van der Waals surface area contributed by atoms with E-state index in [4.69, 9.17) is 9.47 Å². The van der Waals surface area contributed by atoms with Gasteiger partial charge in [-0.15, -0.1) is 0 Å². The van der Waals surface area contributed by atoms with Crippen molar-refractivity contribution in [1.82, 2.24) is 10.2 Å². The Morgan fingerprint density at radius 2 is 1.71 bits per heavy atom. The molecule has 0 saturated carbocycles. The largest absolute Gasteiger partial charge is 0.493 e. The van der Waals surface area contributed by atoms with Gasteiger partial charge in [0.05, 0.1) is 20.1 Å². The number of nitrogens with one attached hydrogen (secondary N) is 1. The molecule has 0 unspecified atom stereocenters. The van der Waals surface area contributed by atoms with E-state index in [-0.39, 0.29) is 36.6 Å². The maximum absolute atomic E-state index is 13.4. The van der Waals surface area contributed by atoms with Crippen LogP contribution in [0.5, 0.6) is 11.5 Å². The molecule has 1 aliphatic heterocycles. The Labute approximate surface area is 204 Å². The highest BCUT2D eigenvalue weighted by molar-refractivity contribution is 5.96. The van der Waals surface area contributed by atoms with Crippen molar-refractivity contribution in [3.05, 3.63) is 94.8 Å². The number of likely N-dealkylation sites (tertiary alicyclic amines) is 1. The van der Waals surface area contributed by atoms with Gasteiger partial charge in [-0.2, -0.15) is 0 Å². The zero-order valence-corrected chi connectivity index (χ0v) is 20.1. The molecule has 1 saturated heterocycles. The van der Waals surface area contributed by atoms with E-state index in [1.165, 1.54) is 12.1 Å². The van der Waals surface area contributed by atoms with Crippen LogP contribution >= 0.6 is 0 Å². The summed E-state index contributed by atoms with van der Waals surface area (Å²) in [5, 5.41) is 2.97. The molecule has 182 valence electrons. The first kappa shape index (κ1) is 24.3. The van der Waals surface area contributed by atoms with Gasteiger partial charge in [0.2, 0.25) is 5.91 Å². The van der Waals surface area contributed by atoms with Crippen LogP contribution in [0.4, 0.5) is 4.39 Å². The van der Waals surface area contributed by atoms with Gasteiger partial charge < -0.3 is 19.7 Å². The van der Waals surface area contributed by atoms with Crippen molar-refractivity contribution in [2.75, 3.05) is 27.3 Å². The molecular formula is C28H29FN2O4. The molecule has 2 atom stereocenters. The molecule has 7 heteroatoms. The average Bonchev–Trinajstić information content (AvgIpc) is 3.33. The van der Waals surface area contributed by atoms with Crippen molar-refractivity contribution in [3.63, 3.8) is 0 Å². The van der Waals surface area contributed by atoms with E-state index in [0.29, 0.717) is 23.6 Å². The Kier molecular flexibility index (Phi) is 7.34. The standard InChI is InChI=1S/C28H29FN2O4/c1-18-7-4-5-8-21(18)28(33)31-16-23(22-9-6-10-25(34-2)26(22)35-3)24(17-31)27(32)30-15-19-11-13-20(29)14-12-19/h4-14,23-24H,15-17H2,1-3H3,(H,30,32)/t23-,24+/m0/s1. The van der Waals surface area contributed by atoms with Crippen molar-refractivity contribution in [3.8, 4) is 11.5 Å². The molecule has 1 aliphatic rings. The highest BCUT2D eigenvalue weighted by Crippen LogP contribution is 2.42. The number of carbonyl (C=O) groups excluding carboxylic acids is 2. The number of aryl methyl sites for hydroxylation is 1. The van der Waals surface area contributed by atoms with Gasteiger partial charge in [-0.05, 0) is 42.3 Å². The number of benzene rings is 3. The summed E-state index contributed by atoms with van der Waals surface area (Å²) in [5.74, 6) is -0.272. The van der Waals surface area contributed by atoms with E-state index in [1.807, 2.05) is 37.3 Å². The molecule has 0 aliphatic carbocycles. The zero-order valence-electron chi connectivity index (χ0n) is 20.1. The molecule has 3 aromatic carbocycles. The molecule has 1 heterocycles. The lowest BCUT2D eigenvalue weighted by molar-refractivity contribution is -0.125. The molecule has 1 N–H and O–H groups in total. The van der Waals surface area contributed by atoms with Crippen LogP contribution in [0.25, 0.3) is 0 Å². The molecule has 0 radical (unpaired) electrons. The van der Waals surface area contributed by atoms with Gasteiger partial charge in [-0.3, -0.25) is 9.59 Å². The fraction of sp³-hybridized carbons (Fsp3) is 0.286. The van der Waals surface area contributed by atoms with Crippen LogP contribution in [-0.4, -0.2) is 44.0 Å². The van der Waals surface area contributed by atoms with Crippen molar-refractivity contribution in [2.24, 2.45) is 5.92 Å². The number of methoxy groups -OCH3 is 2. The van der Waals surface area contributed by atoms with Gasteiger partial charge >= 0.3 is 0 Å². The summed E-state index contributed by atoms with van der Waals surface area (Å²) < 4.78 is 24.4. The molecule has 35 heavy (non-hydrogen) atoms. The second kappa shape index (κ2) is 10.6. The molecule has 2 amide bonds. The highest BCUT2D eigenvalue weighted by Gasteiger charge is 2.42. The normalized spacial score (nSPS) is 17.2. The molecule has 1 fully saturated rings. The van der Waals surface area contributed by atoms with E-state index >= 15 is 0 Å². The van der Waals surface area contributed by atoms with Crippen LogP contribution in [0.2, 0.25) is 0 Å². The molecule has 6 nitrogen and oxygen atoms in total. The number of rotatable bonds is 7. The van der Waals surface area contributed by atoms with Gasteiger partial charge in [0.15, 0.2) is 11.5 Å². The third kappa shape index (κ3) is 5.14. The van der Waals surface area contributed by atoms with Crippen LogP contribution in [0.3, 0.4) is 0 Å². The van der Waals surface area contributed by atoms with E-state index < -0.39 is 5.92 Å². The molecular weight excluding hydrogens is 447 g/mol. The fourth-order valence-corrected chi connectivity index (χ4v) is 4.66. The smallest absolute Gasteiger partial charge is 0.254 e. The maximum atomic E-state index is 13.4. The van der Waals surface area contributed by atoms with E-state index in [0.717, 1.165) is 16.7 Å². The average molecular weight is 477 g/mol. The Bertz CT molecular complexity index is 1210. The number of para-hydroxylation sites is 1. The van der Waals surface area contributed by atoms with Crippen LogP contribution in [0.15, 0.2) is 66.7 Å². The summed E-state index contributed by atoms with van der Waals surface area (Å²) in [6, 6.07) is 19.0.